The lowest BCUT2D eigenvalue weighted by atomic mass is 10.1. The third-order valence-electron chi connectivity index (χ3n) is 3.58. The molecule has 0 fully saturated rings. The smallest absolute Gasteiger partial charge is 0.193 e. The number of fused-ring (bicyclic) bond motifs is 1. The normalized spacial score (nSPS) is 18.5. The number of hydrogen-bond donors (Lipinski definition) is 1. The Balaban J connectivity index is 1.60. The van der Waals surface area contributed by atoms with Crippen molar-refractivity contribution in [2.45, 2.75) is 51.7 Å². The van der Waals surface area contributed by atoms with Crippen LogP contribution in [-0.4, -0.2) is 20.8 Å². The van der Waals surface area contributed by atoms with Crippen LogP contribution in [0.5, 0.6) is 0 Å². The van der Waals surface area contributed by atoms with Crippen molar-refractivity contribution < 1.29 is 4.42 Å². The maximum atomic E-state index is 5.76. The highest BCUT2D eigenvalue weighted by molar-refractivity contribution is 6.28. The molecule has 1 atom stereocenters. The van der Waals surface area contributed by atoms with E-state index in [1.165, 1.54) is 0 Å². The SMILES string of the molecule is CC(C)c1nc2n(n1)CC(NCc1ccc(Cl)o1)CC2. The van der Waals surface area contributed by atoms with Crippen molar-refractivity contribution in [3.63, 3.8) is 0 Å². The van der Waals surface area contributed by atoms with Gasteiger partial charge in [0, 0.05) is 18.4 Å². The molecule has 2 aromatic heterocycles. The van der Waals surface area contributed by atoms with Gasteiger partial charge in [-0.1, -0.05) is 13.8 Å². The van der Waals surface area contributed by atoms with Crippen LogP contribution in [0.25, 0.3) is 0 Å². The monoisotopic (exact) mass is 294 g/mol. The lowest BCUT2D eigenvalue weighted by Crippen LogP contribution is -2.37. The molecule has 0 saturated carbocycles. The van der Waals surface area contributed by atoms with E-state index in [0.717, 1.165) is 36.8 Å². The zero-order valence-corrected chi connectivity index (χ0v) is 12.5. The quantitative estimate of drug-likeness (QED) is 0.942. The average molecular weight is 295 g/mol. The summed E-state index contributed by atoms with van der Waals surface area (Å²) < 4.78 is 7.38. The van der Waals surface area contributed by atoms with Crippen LogP contribution < -0.4 is 5.32 Å². The number of furan rings is 1. The Kier molecular flexibility index (Phi) is 3.81. The molecular weight excluding hydrogens is 276 g/mol. The molecule has 0 spiro atoms. The highest BCUT2D eigenvalue weighted by atomic mass is 35.5. The van der Waals surface area contributed by atoms with Crippen LogP contribution in [0.1, 0.15) is 43.6 Å². The Morgan fingerprint density at radius 3 is 3.05 bits per heavy atom. The molecule has 5 nitrogen and oxygen atoms in total. The zero-order chi connectivity index (χ0) is 14.1. The topological polar surface area (TPSA) is 55.9 Å². The molecule has 3 rings (SSSR count). The summed E-state index contributed by atoms with van der Waals surface area (Å²) in [4.78, 5) is 4.59. The molecular formula is C14H19ClN4O. The van der Waals surface area contributed by atoms with E-state index in [2.05, 4.69) is 29.2 Å². The number of hydrogen-bond acceptors (Lipinski definition) is 4. The van der Waals surface area contributed by atoms with Crippen LogP contribution in [0, 0.1) is 0 Å². The minimum atomic E-state index is 0.379. The van der Waals surface area contributed by atoms with E-state index >= 15 is 0 Å². The number of aromatic nitrogens is 3. The van der Waals surface area contributed by atoms with Gasteiger partial charge >= 0.3 is 0 Å². The van der Waals surface area contributed by atoms with E-state index in [-0.39, 0.29) is 0 Å². The largest absolute Gasteiger partial charge is 0.448 e. The molecule has 1 N–H and O–H groups in total. The first-order chi connectivity index (χ1) is 9.61. The molecule has 2 aromatic rings. The Morgan fingerprint density at radius 2 is 2.35 bits per heavy atom. The summed E-state index contributed by atoms with van der Waals surface area (Å²) in [6, 6.07) is 4.06. The maximum Gasteiger partial charge on any atom is 0.193 e. The molecule has 20 heavy (non-hydrogen) atoms. The highest BCUT2D eigenvalue weighted by Crippen LogP contribution is 2.18. The van der Waals surface area contributed by atoms with Crippen LogP contribution in [0.4, 0.5) is 0 Å². The van der Waals surface area contributed by atoms with Gasteiger partial charge in [-0.3, -0.25) is 0 Å². The molecule has 0 aliphatic carbocycles. The molecule has 0 saturated heterocycles. The number of nitrogens with zero attached hydrogens (tertiary/aromatic N) is 3. The molecule has 0 aromatic carbocycles. The molecule has 3 heterocycles. The molecule has 0 amide bonds. The first-order valence-corrected chi connectivity index (χ1v) is 7.41. The Hall–Kier alpha value is -1.33. The molecule has 6 heteroatoms. The van der Waals surface area contributed by atoms with E-state index in [9.17, 15) is 0 Å². The van der Waals surface area contributed by atoms with E-state index in [1.54, 1.807) is 6.07 Å². The summed E-state index contributed by atoms with van der Waals surface area (Å²) in [7, 11) is 0. The first kappa shape index (κ1) is 13.6. The van der Waals surface area contributed by atoms with Gasteiger partial charge in [-0.05, 0) is 30.2 Å². The molecule has 0 radical (unpaired) electrons. The lowest BCUT2D eigenvalue weighted by Gasteiger charge is -2.23. The molecule has 1 aliphatic heterocycles. The molecule has 1 aliphatic rings. The van der Waals surface area contributed by atoms with Gasteiger partial charge in [0.05, 0.1) is 13.1 Å². The van der Waals surface area contributed by atoms with Crippen LogP contribution in [0.3, 0.4) is 0 Å². The fraction of sp³-hybridized carbons (Fsp3) is 0.571. The second-order valence-electron chi connectivity index (χ2n) is 5.55. The average Bonchev–Trinajstić information content (AvgIpc) is 3.01. The van der Waals surface area contributed by atoms with E-state index in [1.807, 2.05) is 10.7 Å². The van der Waals surface area contributed by atoms with Crippen molar-refractivity contribution in [3.8, 4) is 0 Å². The van der Waals surface area contributed by atoms with Gasteiger partial charge in [0.1, 0.15) is 11.6 Å². The third-order valence-corrected chi connectivity index (χ3v) is 3.79. The summed E-state index contributed by atoms with van der Waals surface area (Å²) in [5.41, 5.74) is 0. The predicted molar refractivity (Wildman–Crippen MR) is 76.8 cm³/mol. The Labute approximate surface area is 123 Å². The van der Waals surface area contributed by atoms with Crippen LogP contribution in [0.2, 0.25) is 5.22 Å². The van der Waals surface area contributed by atoms with E-state index in [0.29, 0.717) is 23.7 Å². The molecule has 0 bridgehead atoms. The Bertz CT molecular complexity index is 590. The predicted octanol–water partition coefficient (Wildman–Crippen LogP) is 2.75. The van der Waals surface area contributed by atoms with Gasteiger partial charge in [0.15, 0.2) is 11.0 Å². The zero-order valence-electron chi connectivity index (χ0n) is 11.8. The van der Waals surface area contributed by atoms with Gasteiger partial charge in [-0.2, -0.15) is 5.10 Å². The van der Waals surface area contributed by atoms with Crippen molar-refractivity contribution >= 4 is 11.6 Å². The number of rotatable bonds is 4. The van der Waals surface area contributed by atoms with Gasteiger partial charge in [0.25, 0.3) is 0 Å². The van der Waals surface area contributed by atoms with Gasteiger partial charge in [0.2, 0.25) is 0 Å². The summed E-state index contributed by atoms with van der Waals surface area (Å²) >= 11 is 5.76. The van der Waals surface area contributed by atoms with Crippen LogP contribution in [0.15, 0.2) is 16.5 Å². The fourth-order valence-corrected chi connectivity index (χ4v) is 2.59. The fourth-order valence-electron chi connectivity index (χ4n) is 2.43. The number of nitrogens with one attached hydrogen (secondary N) is 1. The van der Waals surface area contributed by atoms with Gasteiger partial charge < -0.3 is 9.73 Å². The molecule has 108 valence electrons. The summed E-state index contributed by atoms with van der Waals surface area (Å²) in [6.45, 7) is 5.80. The summed E-state index contributed by atoms with van der Waals surface area (Å²) in [5, 5.41) is 8.51. The minimum absolute atomic E-state index is 0.379. The molecule has 1 unspecified atom stereocenters. The number of aryl methyl sites for hydroxylation is 1. The lowest BCUT2D eigenvalue weighted by molar-refractivity contribution is 0.344. The first-order valence-electron chi connectivity index (χ1n) is 7.03. The van der Waals surface area contributed by atoms with Crippen molar-refractivity contribution in [1.29, 1.82) is 0 Å². The summed E-state index contributed by atoms with van der Waals surface area (Å²) in [5.74, 6) is 3.29. The highest BCUT2D eigenvalue weighted by Gasteiger charge is 2.22. The van der Waals surface area contributed by atoms with Crippen molar-refractivity contribution in [2.75, 3.05) is 0 Å². The number of halogens is 1. The van der Waals surface area contributed by atoms with Gasteiger partial charge in [-0.25, -0.2) is 9.67 Å². The van der Waals surface area contributed by atoms with Gasteiger partial charge in [-0.15, -0.1) is 0 Å². The second-order valence-corrected chi connectivity index (χ2v) is 5.92. The van der Waals surface area contributed by atoms with Crippen LogP contribution >= 0.6 is 11.6 Å². The van der Waals surface area contributed by atoms with Crippen molar-refractivity contribution in [1.82, 2.24) is 20.1 Å². The summed E-state index contributed by atoms with van der Waals surface area (Å²) in [6.07, 6.45) is 2.04. The second kappa shape index (κ2) is 5.58. The van der Waals surface area contributed by atoms with Crippen molar-refractivity contribution in [2.24, 2.45) is 0 Å². The van der Waals surface area contributed by atoms with E-state index < -0.39 is 0 Å². The standard InChI is InChI=1S/C14H19ClN4O/c1-9(2)14-17-13-6-3-10(8-19(13)18-14)16-7-11-4-5-12(15)20-11/h4-5,9-10,16H,3,6-8H2,1-2H3. The maximum absolute atomic E-state index is 5.76. The third kappa shape index (κ3) is 2.88. The van der Waals surface area contributed by atoms with E-state index in [4.69, 9.17) is 16.0 Å². The van der Waals surface area contributed by atoms with Crippen LogP contribution in [-0.2, 0) is 19.5 Å². The Morgan fingerprint density at radius 1 is 1.50 bits per heavy atom. The minimum Gasteiger partial charge on any atom is -0.448 e. The van der Waals surface area contributed by atoms with Crippen molar-refractivity contribution in [3.05, 3.63) is 34.8 Å².